The molecule has 0 spiro atoms. The summed E-state index contributed by atoms with van der Waals surface area (Å²) in [6, 6.07) is 1.43. The third kappa shape index (κ3) is 4.02. The average Bonchev–Trinajstić information content (AvgIpc) is 2.20. The van der Waals surface area contributed by atoms with Crippen LogP contribution in [0.3, 0.4) is 0 Å². The number of anilines is 1. The molecule has 1 N–H and O–H groups in total. The third-order valence-corrected chi connectivity index (χ3v) is 2.25. The number of nitrogens with zero attached hydrogens (tertiary/aromatic N) is 1. The minimum Gasteiger partial charge on any atom is -0.379 e. The molecule has 0 aliphatic carbocycles. The molecule has 0 fully saturated rings. The van der Waals surface area contributed by atoms with E-state index >= 15 is 0 Å². The number of alkyl halides is 3. The van der Waals surface area contributed by atoms with Crippen molar-refractivity contribution in [3.8, 4) is 0 Å². The predicted molar refractivity (Wildman–Crippen MR) is 57.2 cm³/mol. The van der Waals surface area contributed by atoms with E-state index in [9.17, 15) is 27.7 Å². The summed E-state index contributed by atoms with van der Waals surface area (Å²) in [5.74, 6) is -1.01. The molecule has 1 aromatic rings. The van der Waals surface area contributed by atoms with Crippen molar-refractivity contribution in [1.82, 2.24) is 0 Å². The SMILES string of the molecule is O=[N+]([O-])c1cc(F)c(Cl)cc1NCCC(F)(F)F. The number of rotatable bonds is 4. The van der Waals surface area contributed by atoms with Gasteiger partial charge in [0.2, 0.25) is 0 Å². The molecule has 0 saturated carbocycles. The number of nitro groups is 1. The Morgan fingerprint density at radius 2 is 2.00 bits per heavy atom. The molecule has 0 radical (unpaired) electrons. The van der Waals surface area contributed by atoms with Crippen LogP contribution in [0.15, 0.2) is 12.1 Å². The first-order chi connectivity index (χ1) is 8.20. The Kier molecular flexibility index (Phi) is 4.33. The van der Waals surface area contributed by atoms with Crippen molar-refractivity contribution in [3.05, 3.63) is 33.1 Å². The first kappa shape index (κ1) is 14.5. The van der Waals surface area contributed by atoms with Crippen LogP contribution < -0.4 is 5.32 Å². The smallest absolute Gasteiger partial charge is 0.379 e. The van der Waals surface area contributed by atoms with Crippen LogP contribution >= 0.6 is 11.6 Å². The lowest BCUT2D eigenvalue weighted by molar-refractivity contribution is -0.384. The number of nitro benzene ring substituents is 1. The Hall–Kier alpha value is -1.57. The monoisotopic (exact) mass is 286 g/mol. The van der Waals surface area contributed by atoms with Crippen LogP contribution in [0.5, 0.6) is 0 Å². The second-order valence-corrected chi connectivity index (χ2v) is 3.74. The third-order valence-electron chi connectivity index (χ3n) is 1.96. The summed E-state index contributed by atoms with van der Waals surface area (Å²) in [6.45, 7) is -0.563. The van der Waals surface area contributed by atoms with Gasteiger partial charge in [0.05, 0.1) is 22.4 Å². The average molecular weight is 287 g/mol. The van der Waals surface area contributed by atoms with Gasteiger partial charge < -0.3 is 5.32 Å². The van der Waals surface area contributed by atoms with Crippen LogP contribution in [-0.2, 0) is 0 Å². The molecular formula is C9H7ClF4N2O2. The van der Waals surface area contributed by atoms with E-state index in [4.69, 9.17) is 11.6 Å². The molecule has 18 heavy (non-hydrogen) atoms. The van der Waals surface area contributed by atoms with E-state index in [-0.39, 0.29) is 5.69 Å². The van der Waals surface area contributed by atoms with Crippen molar-refractivity contribution in [1.29, 1.82) is 0 Å². The van der Waals surface area contributed by atoms with E-state index in [1.165, 1.54) is 0 Å². The fourth-order valence-corrected chi connectivity index (χ4v) is 1.33. The van der Waals surface area contributed by atoms with Gasteiger partial charge in [-0.1, -0.05) is 11.6 Å². The van der Waals surface area contributed by atoms with Crippen molar-refractivity contribution in [2.45, 2.75) is 12.6 Å². The number of nitrogens with one attached hydrogen (secondary N) is 1. The van der Waals surface area contributed by atoms with Gasteiger partial charge in [-0.3, -0.25) is 10.1 Å². The Morgan fingerprint density at radius 3 is 2.50 bits per heavy atom. The van der Waals surface area contributed by atoms with Crippen molar-refractivity contribution in [2.24, 2.45) is 0 Å². The quantitative estimate of drug-likeness (QED) is 0.521. The van der Waals surface area contributed by atoms with Gasteiger partial charge in [-0.25, -0.2) is 4.39 Å². The van der Waals surface area contributed by atoms with Crippen LogP contribution in [0.2, 0.25) is 5.02 Å². The molecule has 0 saturated heterocycles. The lowest BCUT2D eigenvalue weighted by Gasteiger charge is -2.09. The van der Waals surface area contributed by atoms with Crippen LogP contribution in [0, 0.1) is 15.9 Å². The van der Waals surface area contributed by atoms with Gasteiger partial charge in [-0.05, 0) is 6.07 Å². The molecule has 0 aromatic heterocycles. The van der Waals surface area contributed by atoms with Gasteiger partial charge in [0.25, 0.3) is 5.69 Å². The van der Waals surface area contributed by atoms with Gasteiger partial charge >= 0.3 is 6.18 Å². The fraction of sp³-hybridized carbons (Fsp3) is 0.333. The summed E-state index contributed by atoms with van der Waals surface area (Å²) < 4.78 is 48.7. The first-order valence-corrected chi connectivity index (χ1v) is 5.02. The molecule has 0 bridgehead atoms. The Bertz CT molecular complexity index is 465. The van der Waals surface area contributed by atoms with E-state index in [1.807, 2.05) is 0 Å². The number of benzene rings is 1. The van der Waals surface area contributed by atoms with E-state index < -0.39 is 40.6 Å². The molecule has 0 aliphatic heterocycles. The minimum absolute atomic E-state index is 0.254. The summed E-state index contributed by atoms with van der Waals surface area (Å²) in [7, 11) is 0. The zero-order valence-electron chi connectivity index (χ0n) is 8.72. The molecule has 100 valence electrons. The van der Waals surface area contributed by atoms with E-state index in [0.717, 1.165) is 6.07 Å². The second kappa shape index (κ2) is 5.38. The summed E-state index contributed by atoms with van der Waals surface area (Å²) in [5, 5.41) is 12.4. The maximum atomic E-state index is 13.0. The van der Waals surface area contributed by atoms with E-state index in [0.29, 0.717) is 6.07 Å². The molecule has 9 heteroatoms. The molecule has 1 rings (SSSR count). The first-order valence-electron chi connectivity index (χ1n) is 4.65. The normalized spacial score (nSPS) is 11.4. The number of hydrogen-bond acceptors (Lipinski definition) is 3. The van der Waals surface area contributed by atoms with Gasteiger partial charge in [-0.2, -0.15) is 13.2 Å². The molecule has 0 unspecified atom stereocenters. The highest BCUT2D eigenvalue weighted by atomic mass is 35.5. The summed E-state index contributed by atoms with van der Waals surface area (Å²) in [4.78, 5) is 9.67. The van der Waals surface area contributed by atoms with Gasteiger partial charge in [-0.15, -0.1) is 0 Å². The number of halogens is 5. The number of hydrogen-bond donors (Lipinski definition) is 1. The second-order valence-electron chi connectivity index (χ2n) is 3.33. The Labute approximate surface area is 104 Å². The Morgan fingerprint density at radius 1 is 1.39 bits per heavy atom. The van der Waals surface area contributed by atoms with E-state index in [1.54, 1.807) is 0 Å². The highest BCUT2D eigenvalue weighted by Crippen LogP contribution is 2.30. The maximum Gasteiger partial charge on any atom is 0.390 e. The highest BCUT2D eigenvalue weighted by molar-refractivity contribution is 6.31. The fourth-order valence-electron chi connectivity index (χ4n) is 1.17. The standard InChI is InChI=1S/C9H7ClF4N2O2/c10-5-3-7(15-2-1-9(12,13)14)8(16(17)18)4-6(5)11/h3-4,15H,1-2H2. The van der Waals surface area contributed by atoms with Crippen molar-refractivity contribution < 1.29 is 22.5 Å². The summed E-state index contributed by atoms with van der Waals surface area (Å²) in [6.07, 6.45) is -5.55. The topological polar surface area (TPSA) is 55.2 Å². The van der Waals surface area contributed by atoms with Gasteiger partial charge in [0, 0.05) is 6.54 Å². The zero-order valence-corrected chi connectivity index (χ0v) is 9.48. The zero-order chi connectivity index (χ0) is 13.9. The molecule has 0 heterocycles. The molecule has 0 aliphatic rings. The van der Waals surface area contributed by atoms with Crippen LogP contribution in [0.1, 0.15) is 6.42 Å². The molecular weight excluding hydrogens is 280 g/mol. The largest absolute Gasteiger partial charge is 0.390 e. The van der Waals surface area contributed by atoms with Crippen LogP contribution in [-0.4, -0.2) is 17.6 Å². The molecule has 4 nitrogen and oxygen atoms in total. The lowest BCUT2D eigenvalue weighted by Crippen LogP contribution is -2.15. The molecule has 1 aromatic carbocycles. The van der Waals surface area contributed by atoms with Gasteiger partial charge in [0.1, 0.15) is 11.5 Å². The van der Waals surface area contributed by atoms with E-state index in [2.05, 4.69) is 5.32 Å². The Balaban J connectivity index is 2.87. The molecule has 0 atom stereocenters. The van der Waals surface area contributed by atoms with Crippen molar-refractivity contribution >= 4 is 23.0 Å². The maximum absolute atomic E-state index is 13.0. The highest BCUT2D eigenvalue weighted by Gasteiger charge is 2.27. The summed E-state index contributed by atoms with van der Waals surface area (Å²) >= 11 is 5.40. The van der Waals surface area contributed by atoms with Crippen molar-refractivity contribution in [3.63, 3.8) is 0 Å². The van der Waals surface area contributed by atoms with Crippen molar-refractivity contribution in [2.75, 3.05) is 11.9 Å². The molecule has 0 amide bonds. The summed E-state index contributed by atoms with van der Waals surface area (Å²) in [5.41, 5.74) is -0.922. The van der Waals surface area contributed by atoms with Gasteiger partial charge in [0.15, 0.2) is 0 Å². The lowest BCUT2D eigenvalue weighted by atomic mass is 10.2. The minimum atomic E-state index is -4.38. The van der Waals surface area contributed by atoms with Crippen LogP contribution in [0.4, 0.5) is 28.9 Å². The predicted octanol–water partition coefficient (Wildman–Crippen LogP) is 3.75. The van der Waals surface area contributed by atoms with Crippen LogP contribution in [0.25, 0.3) is 0 Å².